The van der Waals surface area contributed by atoms with Crippen LogP contribution in [-0.4, -0.2) is 39.0 Å². The highest BCUT2D eigenvalue weighted by molar-refractivity contribution is 7.89. The van der Waals surface area contributed by atoms with E-state index in [1.165, 1.54) is 19.2 Å². The second-order valence-electron chi connectivity index (χ2n) is 5.92. The van der Waals surface area contributed by atoms with Crippen LogP contribution >= 0.6 is 0 Å². The van der Waals surface area contributed by atoms with Crippen LogP contribution in [0, 0.1) is 5.41 Å². The molecule has 0 aliphatic rings. The van der Waals surface area contributed by atoms with Gasteiger partial charge in [-0.3, -0.25) is 9.59 Å². The maximum atomic E-state index is 12.0. The van der Waals surface area contributed by atoms with Crippen LogP contribution in [0.5, 0.6) is 0 Å². The van der Waals surface area contributed by atoms with Crippen LogP contribution in [0.2, 0.25) is 0 Å². The van der Waals surface area contributed by atoms with Gasteiger partial charge in [0.2, 0.25) is 15.9 Å². The topological polar surface area (TPSA) is 113 Å². The molecule has 0 spiro atoms. The Bertz CT molecular complexity index is 694. The molecule has 1 amide bonds. The molecule has 1 aromatic carbocycles. The van der Waals surface area contributed by atoms with E-state index < -0.39 is 21.4 Å². The molecule has 0 heterocycles. The summed E-state index contributed by atoms with van der Waals surface area (Å²) < 4.78 is 25.5. The first kappa shape index (κ1) is 21.1. The summed E-state index contributed by atoms with van der Waals surface area (Å²) in [7, 11) is -2.13. The number of aryl methyl sites for hydroxylation is 1. The van der Waals surface area contributed by atoms with Crippen molar-refractivity contribution in [2.45, 2.75) is 44.4 Å². The summed E-state index contributed by atoms with van der Waals surface area (Å²) in [6.45, 7) is 3.70. The number of hydrogen-bond acceptors (Lipinski definition) is 4. The third-order valence-electron chi connectivity index (χ3n) is 4.57. The van der Waals surface area contributed by atoms with E-state index in [9.17, 15) is 23.1 Å². The Morgan fingerprint density at radius 1 is 1.12 bits per heavy atom. The maximum absolute atomic E-state index is 12.0. The van der Waals surface area contributed by atoms with Crippen molar-refractivity contribution in [3.05, 3.63) is 29.8 Å². The number of nitrogens with one attached hydrogen (secondary N) is 2. The van der Waals surface area contributed by atoms with Crippen molar-refractivity contribution < 1.29 is 23.1 Å². The van der Waals surface area contributed by atoms with Crippen LogP contribution in [0.25, 0.3) is 0 Å². The Balaban J connectivity index is 2.58. The first-order chi connectivity index (χ1) is 11.7. The third-order valence-corrected chi connectivity index (χ3v) is 6.00. The van der Waals surface area contributed by atoms with Gasteiger partial charge < -0.3 is 10.4 Å². The zero-order chi connectivity index (χ0) is 19.1. The normalized spacial score (nSPS) is 12.0. The minimum Gasteiger partial charge on any atom is -0.481 e. The molecule has 0 aliphatic carbocycles. The average molecular weight is 370 g/mol. The van der Waals surface area contributed by atoms with Gasteiger partial charge in [-0.05, 0) is 44.0 Å². The monoisotopic (exact) mass is 370 g/mol. The molecule has 1 rings (SSSR count). The van der Waals surface area contributed by atoms with Gasteiger partial charge in [-0.2, -0.15) is 0 Å². The number of hydrogen-bond donors (Lipinski definition) is 3. The molecular formula is C17H26N2O5S. The number of rotatable bonds is 10. The number of aliphatic carboxylic acids is 1. The first-order valence-electron chi connectivity index (χ1n) is 8.23. The molecule has 1 aromatic rings. The van der Waals surface area contributed by atoms with Gasteiger partial charge in [-0.25, -0.2) is 13.1 Å². The Labute approximate surface area is 148 Å². The summed E-state index contributed by atoms with van der Waals surface area (Å²) in [6.07, 6.45) is 1.55. The largest absolute Gasteiger partial charge is 0.481 e. The smallest absolute Gasteiger partial charge is 0.311 e. The van der Waals surface area contributed by atoms with E-state index in [2.05, 4.69) is 10.0 Å². The summed E-state index contributed by atoms with van der Waals surface area (Å²) in [5.74, 6) is -1.13. The van der Waals surface area contributed by atoms with Crippen LogP contribution < -0.4 is 10.0 Å². The highest BCUT2D eigenvalue weighted by Gasteiger charge is 2.34. The summed E-state index contributed by atoms with van der Waals surface area (Å²) in [6, 6.07) is 6.31. The summed E-state index contributed by atoms with van der Waals surface area (Å²) in [5.41, 5.74) is -0.0978. The molecule has 0 fully saturated rings. The van der Waals surface area contributed by atoms with Gasteiger partial charge in [-0.1, -0.05) is 26.0 Å². The van der Waals surface area contributed by atoms with Crippen molar-refractivity contribution in [3.63, 3.8) is 0 Å². The minimum absolute atomic E-state index is 0.105. The van der Waals surface area contributed by atoms with Gasteiger partial charge in [0.05, 0.1) is 10.3 Å². The second kappa shape index (κ2) is 8.96. The Kier molecular flexibility index (Phi) is 7.57. The standard InChI is InChI=1S/C17H26N2O5S/c1-4-17(5-2,16(21)22)12-19-15(20)11-8-13-6-9-14(10-7-13)25(23,24)18-3/h6-7,9-10,18H,4-5,8,11-12H2,1-3H3,(H,19,20)(H,21,22). The zero-order valence-electron chi connectivity index (χ0n) is 14.8. The average Bonchev–Trinajstić information content (AvgIpc) is 2.61. The summed E-state index contributed by atoms with van der Waals surface area (Å²) in [4.78, 5) is 23.6. The lowest BCUT2D eigenvalue weighted by Crippen LogP contribution is -2.42. The number of amides is 1. The molecule has 7 nitrogen and oxygen atoms in total. The maximum Gasteiger partial charge on any atom is 0.311 e. The third kappa shape index (κ3) is 5.54. The van der Waals surface area contributed by atoms with E-state index in [0.29, 0.717) is 19.3 Å². The number of carbonyl (C=O) groups is 2. The van der Waals surface area contributed by atoms with Gasteiger partial charge >= 0.3 is 5.97 Å². The lowest BCUT2D eigenvalue weighted by molar-refractivity contribution is -0.149. The molecule has 0 saturated carbocycles. The summed E-state index contributed by atoms with van der Waals surface area (Å²) in [5, 5.41) is 12.0. The fourth-order valence-corrected chi connectivity index (χ4v) is 3.18. The number of carboxylic acid groups (broad SMARTS) is 1. The van der Waals surface area contributed by atoms with E-state index in [-0.39, 0.29) is 23.8 Å². The lowest BCUT2D eigenvalue weighted by atomic mass is 9.82. The number of carboxylic acids is 1. The van der Waals surface area contributed by atoms with Crippen molar-refractivity contribution in [1.82, 2.24) is 10.0 Å². The molecule has 0 unspecified atom stereocenters. The van der Waals surface area contributed by atoms with Gasteiger partial charge in [0.15, 0.2) is 0 Å². The van der Waals surface area contributed by atoms with Crippen LogP contribution in [0.15, 0.2) is 29.2 Å². The molecule has 0 aliphatic heterocycles. The van der Waals surface area contributed by atoms with Crippen molar-refractivity contribution in [2.24, 2.45) is 5.41 Å². The van der Waals surface area contributed by atoms with Crippen molar-refractivity contribution in [1.29, 1.82) is 0 Å². The molecule has 0 bridgehead atoms. The van der Waals surface area contributed by atoms with Crippen LogP contribution in [0.3, 0.4) is 0 Å². The van der Waals surface area contributed by atoms with E-state index >= 15 is 0 Å². The molecule has 140 valence electrons. The molecule has 0 saturated heterocycles. The van der Waals surface area contributed by atoms with Crippen LogP contribution in [0.1, 0.15) is 38.7 Å². The molecule has 8 heteroatoms. The highest BCUT2D eigenvalue weighted by atomic mass is 32.2. The van der Waals surface area contributed by atoms with E-state index in [0.717, 1.165) is 5.56 Å². The van der Waals surface area contributed by atoms with Crippen LogP contribution in [0.4, 0.5) is 0 Å². The van der Waals surface area contributed by atoms with E-state index in [4.69, 9.17) is 0 Å². The van der Waals surface area contributed by atoms with Gasteiger partial charge in [0.1, 0.15) is 0 Å². The molecule has 25 heavy (non-hydrogen) atoms. The Morgan fingerprint density at radius 2 is 1.68 bits per heavy atom. The predicted octanol–water partition coefficient (Wildman–Crippen LogP) is 1.53. The number of sulfonamides is 1. The molecule has 0 atom stereocenters. The SMILES string of the molecule is CCC(CC)(CNC(=O)CCc1ccc(S(=O)(=O)NC)cc1)C(=O)O. The fourth-order valence-electron chi connectivity index (χ4n) is 2.45. The van der Waals surface area contributed by atoms with Gasteiger partial charge in [-0.15, -0.1) is 0 Å². The van der Waals surface area contributed by atoms with E-state index in [1.807, 2.05) is 0 Å². The highest BCUT2D eigenvalue weighted by Crippen LogP contribution is 2.25. The minimum atomic E-state index is -3.47. The second-order valence-corrected chi connectivity index (χ2v) is 7.81. The summed E-state index contributed by atoms with van der Waals surface area (Å²) >= 11 is 0. The quantitative estimate of drug-likeness (QED) is 0.578. The first-order valence-corrected chi connectivity index (χ1v) is 9.71. The molecule has 3 N–H and O–H groups in total. The van der Waals surface area contributed by atoms with Crippen molar-refractivity contribution in [3.8, 4) is 0 Å². The van der Waals surface area contributed by atoms with Crippen molar-refractivity contribution in [2.75, 3.05) is 13.6 Å². The fraction of sp³-hybridized carbons (Fsp3) is 0.529. The van der Waals surface area contributed by atoms with Crippen molar-refractivity contribution >= 4 is 21.9 Å². The molecule has 0 aromatic heterocycles. The van der Waals surface area contributed by atoms with E-state index in [1.54, 1.807) is 26.0 Å². The number of carbonyl (C=O) groups excluding carboxylic acids is 1. The molecular weight excluding hydrogens is 344 g/mol. The van der Waals surface area contributed by atoms with Crippen LogP contribution in [-0.2, 0) is 26.0 Å². The lowest BCUT2D eigenvalue weighted by Gasteiger charge is -2.26. The van der Waals surface area contributed by atoms with Gasteiger partial charge in [0.25, 0.3) is 0 Å². The predicted molar refractivity (Wildman–Crippen MR) is 94.7 cm³/mol. The number of benzene rings is 1. The Hall–Kier alpha value is -1.93. The zero-order valence-corrected chi connectivity index (χ0v) is 15.6. The molecule has 0 radical (unpaired) electrons. The van der Waals surface area contributed by atoms with Gasteiger partial charge in [0, 0.05) is 13.0 Å². The Morgan fingerprint density at radius 3 is 2.12 bits per heavy atom.